The lowest BCUT2D eigenvalue weighted by molar-refractivity contribution is 0.604. The summed E-state index contributed by atoms with van der Waals surface area (Å²) in [6.45, 7) is 2.32. The van der Waals surface area contributed by atoms with Crippen LogP contribution in [0.5, 0.6) is 0 Å². The maximum atomic E-state index is 2.32. The summed E-state index contributed by atoms with van der Waals surface area (Å²) in [4.78, 5) is 0. The zero-order valence-electron chi connectivity index (χ0n) is 16.7. The third-order valence-corrected chi connectivity index (χ3v) is 6.30. The molecule has 0 unspecified atom stereocenters. The summed E-state index contributed by atoms with van der Waals surface area (Å²) < 4.78 is 0. The molecule has 0 radical (unpaired) electrons. The van der Waals surface area contributed by atoms with E-state index < -0.39 is 0 Å². The summed E-state index contributed by atoms with van der Waals surface area (Å²) >= 11 is 0. The minimum atomic E-state index is -0.219. The molecule has 0 bridgehead atoms. The molecule has 0 N–H and O–H groups in total. The monoisotopic (exact) mass is 372 g/mol. The summed E-state index contributed by atoms with van der Waals surface area (Å²) in [5, 5.41) is 5.24. The van der Waals surface area contributed by atoms with Crippen molar-refractivity contribution in [3.63, 3.8) is 0 Å². The molecular weight excluding hydrogens is 348 g/mol. The Labute approximate surface area is 172 Å². The molecule has 0 nitrogen and oxygen atoms in total. The maximum absolute atomic E-state index is 2.32. The third kappa shape index (κ3) is 2.76. The Bertz CT molecular complexity index is 1190. The van der Waals surface area contributed by atoms with E-state index in [4.69, 9.17) is 0 Å². The Kier molecular flexibility index (Phi) is 4.41. The molecule has 0 aliphatic heterocycles. The van der Waals surface area contributed by atoms with Crippen molar-refractivity contribution in [3.8, 4) is 0 Å². The first-order valence-electron chi connectivity index (χ1n) is 10.4. The summed E-state index contributed by atoms with van der Waals surface area (Å²) in [5.74, 6) is 0. The lowest BCUT2D eigenvalue weighted by Crippen LogP contribution is -2.29. The molecule has 5 rings (SSSR count). The fraction of sp³-hybridized carbons (Fsp3) is 0.103. The van der Waals surface area contributed by atoms with Gasteiger partial charge in [0.2, 0.25) is 0 Å². The molecule has 0 heteroatoms. The van der Waals surface area contributed by atoms with Crippen molar-refractivity contribution >= 4 is 21.5 Å². The van der Waals surface area contributed by atoms with Crippen LogP contribution in [0.25, 0.3) is 21.5 Å². The van der Waals surface area contributed by atoms with E-state index in [-0.39, 0.29) is 5.41 Å². The molecule has 0 saturated carbocycles. The largest absolute Gasteiger partial charge is 0.0639 e. The van der Waals surface area contributed by atoms with E-state index in [1.54, 1.807) is 0 Å². The van der Waals surface area contributed by atoms with Crippen molar-refractivity contribution in [2.75, 3.05) is 0 Å². The van der Waals surface area contributed by atoms with Crippen LogP contribution in [0, 0.1) is 0 Å². The molecule has 0 aliphatic rings. The van der Waals surface area contributed by atoms with Gasteiger partial charge in [0.05, 0.1) is 0 Å². The zero-order chi connectivity index (χ0) is 19.7. The standard InChI is InChI=1S/C29H24/c1-2-29(24-16-4-3-5-17-24,27-20-10-14-22-12-6-8-18-25(22)27)28-21-11-15-23-13-7-9-19-26(23)28/h3-21H,2H2,1H3. The molecule has 5 aromatic carbocycles. The smallest absolute Gasteiger partial charge is 0.0461 e. The molecule has 0 saturated heterocycles. The Morgan fingerprint density at radius 1 is 0.483 bits per heavy atom. The van der Waals surface area contributed by atoms with Crippen LogP contribution in [0.1, 0.15) is 30.0 Å². The van der Waals surface area contributed by atoms with Crippen LogP contribution in [0.4, 0.5) is 0 Å². The molecule has 0 aromatic heterocycles. The molecule has 29 heavy (non-hydrogen) atoms. The highest BCUT2D eigenvalue weighted by molar-refractivity contribution is 5.92. The SMILES string of the molecule is CCC(c1ccccc1)(c1cccc2ccccc12)c1cccc2ccccc12. The Morgan fingerprint density at radius 2 is 0.931 bits per heavy atom. The molecule has 140 valence electrons. The van der Waals surface area contributed by atoms with Gasteiger partial charge in [-0.1, -0.05) is 122 Å². The summed E-state index contributed by atoms with van der Waals surface area (Å²) in [7, 11) is 0. The Morgan fingerprint density at radius 3 is 1.45 bits per heavy atom. The first kappa shape index (κ1) is 17.7. The summed E-state index contributed by atoms with van der Waals surface area (Å²) in [5.41, 5.74) is 3.87. The van der Waals surface area contributed by atoms with E-state index in [0.717, 1.165) is 6.42 Å². The van der Waals surface area contributed by atoms with Gasteiger partial charge >= 0.3 is 0 Å². The predicted molar refractivity (Wildman–Crippen MR) is 125 cm³/mol. The van der Waals surface area contributed by atoms with Crippen LogP contribution in [0.3, 0.4) is 0 Å². The van der Waals surface area contributed by atoms with Crippen LogP contribution in [-0.2, 0) is 5.41 Å². The molecule has 0 heterocycles. The normalized spacial score (nSPS) is 11.8. The highest BCUT2D eigenvalue weighted by Crippen LogP contribution is 2.46. The van der Waals surface area contributed by atoms with Gasteiger partial charge in [-0.2, -0.15) is 0 Å². The lowest BCUT2D eigenvalue weighted by atomic mass is 9.65. The van der Waals surface area contributed by atoms with E-state index in [1.165, 1.54) is 38.2 Å². The topological polar surface area (TPSA) is 0 Å². The molecular formula is C29H24. The summed E-state index contributed by atoms with van der Waals surface area (Å²) in [6.07, 6.45) is 0.985. The van der Waals surface area contributed by atoms with E-state index >= 15 is 0 Å². The van der Waals surface area contributed by atoms with Crippen molar-refractivity contribution in [3.05, 3.63) is 132 Å². The van der Waals surface area contributed by atoms with Gasteiger partial charge < -0.3 is 0 Å². The number of hydrogen-bond acceptors (Lipinski definition) is 0. The first-order chi connectivity index (χ1) is 14.3. The third-order valence-electron chi connectivity index (χ3n) is 6.30. The number of fused-ring (bicyclic) bond motifs is 2. The van der Waals surface area contributed by atoms with Crippen LogP contribution in [0.15, 0.2) is 115 Å². The van der Waals surface area contributed by atoms with Gasteiger partial charge in [-0.3, -0.25) is 0 Å². The Balaban J connectivity index is 1.95. The van der Waals surface area contributed by atoms with E-state index in [9.17, 15) is 0 Å². The van der Waals surface area contributed by atoms with E-state index in [1.807, 2.05) is 0 Å². The quantitative estimate of drug-likeness (QED) is 0.283. The van der Waals surface area contributed by atoms with Gasteiger partial charge in [-0.15, -0.1) is 0 Å². The second kappa shape index (κ2) is 7.22. The van der Waals surface area contributed by atoms with Crippen molar-refractivity contribution in [2.24, 2.45) is 0 Å². The van der Waals surface area contributed by atoms with Gasteiger partial charge in [0, 0.05) is 5.41 Å². The number of benzene rings is 5. The average Bonchev–Trinajstić information content (AvgIpc) is 2.81. The van der Waals surface area contributed by atoms with Gasteiger partial charge in [-0.05, 0) is 44.7 Å². The maximum Gasteiger partial charge on any atom is 0.0461 e. The van der Waals surface area contributed by atoms with Gasteiger partial charge in [0.25, 0.3) is 0 Å². The molecule has 0 amide bonds. The Hall–Kier alpha value is -3.38. The first-order valence-corrected chi connectivity index (χ1v) is 10.4. The number of hydrogen-bond donors (Lipinski definition) is 0. The van der Waals surface area contributed by atoms with Gasteiger partial charge in [-0.25, -0.2) is 0 Å². The van der Waals surface area contributed by atoms with Crippen molar-refractivity contribution in [2.45, 2.75) is 18.8 Å². The van der Waals surface area contributed by atoms with E-state index in [0.29, 0.717) is 0 Å². The fourth-order valence-electron chi connectivity index (χ4n) is 4.96. The lowest BCUT2D eigenvalue weighted by Gasteiger charge is -2.37. The average molecular weight is 373 g/mol. The predicted octanol–water partition coefficient (Wildman–Crippen LogP) is 7.74. The highest BCUT2D eigenvalue weighted by atomic mass is 14.4. The van der Waals surface area contributed by atoms with Gasteiger partial charge in [0.1, 0.15) is 0 Å². The van der Waals surface area contributed by atoms with Crippen LogP contribution < -0.4 is 0 Å². The number of rotatable bonds is 4. The second-order valence-electron chi connectivity index (χ2n) is 7.68. The zero-order valence-corrected chi connectivity index (χ0v) is 16.7. The fourth-order valence-corrected chi connectivity index (χ4v) is 4.96. The van der Waals surface area contributed by atoms with Crippen molar-refractivity contribution in [1.82, 2.24) is 0 Å². The van der Waals surface area contributed by atoms with E-state index in [2.05, 4.69) is 122 Å². The van der Waals surface area contributed by atoms with Crippen LogP contribution >= 0.6 is 0 Å². The molecule has 5 aromatic rings. The molecule has 0 fully saturated rings. The molecule has 0 aliphatic carbocycles. The highest BCUT2D eigenvalue weighted by Gasteiger charge is 2.36. The molecule has 0 spiro atoms. The minimum Gasteiger partial charge on any atom is -0.0639 e. The van der Waals surface area contributed by atoms with Crippen LogP contribution in [-0.4, -0.2) is 0 Å². The van der Waals surface area contributed by atoms with Gasteiger partial charge in [0.15, 0.2) is 0 Å². The molecule has 0 atom stereocenters. The van der Waals surface area contributed by atoms with Crippen LogP contribution in [0.2, 0.25) is 0 Å². The second-order valence-corrected chi connectivity index (χ2v) is 7.68. The summed E-state index contributed by atoms with van der Waals surface area (Å²) in [6, 6.07) is 42.0. The van der Waals surface area contributed by atoms with Crippen molar-refractivity contribution < 1.29 is 0 Å². The minimum absolute atomic E-state index is 0.219. The van der Waals surface area contributed by atoms with Crippen molar-refractivity contribution in [1.29, 1.82) is 0 Å².